The number of amides is 3. The zero-order chi connectivity index (χ0) is 23.0. The largest absolute Gasteiger partial charge is 0.507 e. The van der Waals surface area contributed by atoms with Crippen LogP contribution in [0.5, 0.6) is 5.75 Å². The smallest absolute Gasteiger partial charge is 0.338 e. The number of nitrogens with one attached hydrogen (secondary N) is 1. The van der Waals surface area contributed by atoms with Crippen molar-refractivity contribution in [2.45, 2.75) is 58.8 Å². The number of benzene rings is 1. The molecular weight excluding hydrogens is 394 g/mol. The number of nitrogens with zero attached hydrogens (tertiary/aromatic N) is 2. The number of imide groups is 1. The molecule has 0 spiro atoms. The van der Waals surface area contributed by atoms with Gasteiger partial charge in [0.05, 0.1) is 13.2 Å². The summed E-state index contributed by atoms with van der Waals surface area (Å²) in [6.45, 7) is 15.1. The van der Waals surface area contributed by atoms with Gasteiger partial charge in [0.1, 0.15) is 5.75 Å². The zero-order valence-corrected chi connectivity index (χ0v) is 19.5. The summed E-state index contributed by atoms with van der Waals surface area (Å²) < 4.78 is 5.29. The van der Waals surface area contributed by atoms with Crippen LogP contribution in [0, 0.1) is 0 Å². The first-order chi connectivity index (χ1) is 14.4. The third kappa shape index (κ3) is 5.28. The second-order valence-electron chi connectivity index (χ2n) is 10.4. The molecule has 7 heteroatoms. The molecule has 2 N–H and O–H groups in total. The minimum absolute atomic E-state index is 0.248. The Kier molecular flexibility index (Phi) is 6.48. The van der Waals surface area contributed by atoms with E-state index in [1.165, 1.54) is 4.90 Å². The molecule has 1 aromatic carbocycles. The van der Waals surface area contributed by atoms with Gasteiger partial charge in [0.2, 0.25) is 0 Å². The van der Waals surface area contributed by atoms with Gasteiger partial charge in [-0.2, -0.15) is 0 Å². The molecule has 7 nitrogen and oxygen atoms in total. The van der Waals surface area contributed by atoms with Crippen LogP contribution in [0.4, 0.5) is 4.79 Å². The highest BCUT2D eigenvalue weighted by molar-refractivity contribution is 6.08. The maximum absolute atomic E-state index is 12.9. The first-order valence-corrected chi connectivity index (χ1v) is 10.9. The number of hydrogen-bond acceptors (Lipinski definition) is 5. The van der Waals surface area contributed by atoms with Crippen LogP contribution >= 0.6 is 0 Å². The number of carbonyl (C=O) groups is 2. The topological polar surface area (TPSA) is 82.1 Å². The number of likely N-dealkylation sites (tertiary alicyclic amines) is 1. The summed E-state index contributed by atoms with van der Waals surface area (Å²) in [5.41, 5.74) is 5.46. The molecule has 3 amide bonds. The summed E-state index contributed by atoms with van der Waals surface area (Å²) in [5, 5.41) is 12.7. The number of urea groups is 1. The number of carbonyl (C=O) groups excluding carboxylic acids is 2. The van der Waals surface area contributed by atoms with Gasteiger partial charge in [-0.25, -0.2) is 9.80 Å². The summed E-state index contributed by atoms with van der Waals surface area (Å²) >= 11 is 0. The van der Waals surface area contributed by atoms with E-state index >= 15 is 0 Å². The van der Waals surface area contributed by atoms with Crippen LogP contribution in [0.15, 0.2) is 17.7 Å². The van der Waals surface area contributed by atoms with Crippen LogP contribution in [0.2, 0.25) is 0 Å². The van der Waals surface area contributed by atoms with Crippen molar-refractivity contribution in [1.82, 2.24) is 15.3 Å². The molecule has 0 radical (unpaired) electrons. The van der Waals surface area contributed by atoms with Crippen LogP contribution in [-0.4, -0.2) is 59.8 Å². The lowest BCUT2D eigenvalue weighted by molar-refractivity contribution is -0.122. The van der Waals surface area contributed by atoms with Crippen molar-refractivity contribution in [2.75, 3.05) is 32.8 Å². The molecule has 170 valence electrons. The lowest BCUT2D eigenvalue weighted by Crippen LogP contribution is -2.53. The Morgan fingerprint density at radius 1 is 1.03 bits per heavy atom. The fraction of sp³-hybridized carbons (Fsp3) is 0.583. The number of morpholine rings is 1. The second-order valence-corrected chi connectivity index (χ2v) is 10.4. The molecule has 0 saturated carbocycles. The molecule has 0 aliphatic carbocycles. The molecule has 2 aliphatic heterocycles. The average Bonchev–Trinajstić information content (AvgIpc) is 3.02. The SMILES string of the molecule is CC(C)(C)c1cc(/C=C2\CCN(C(=O)NN3CCOCC3)C2=O)cc(C(C)(C)C)c1O. The van der Waals surface area contributed by atoms with Crippen molar-refractivity contribution in [3.63, 3.8) is 0 Å². The van der Waals surface area contributed by atoms with Crippen LogP contribution in [-0.2, 0) is 20.4 Å². The predicted molar refractivity (Wildman–Crippen MR) is 121 cm³/mol. The number of ether oxygens (including phenoxy) is 1. The van der Waals surface area contributed by atoms with E-state index in [0.29, 0.717) is 50.6 Å². The molecule has 2 fully saturated rings. The lowest BCUT2D eigenvalue weighted by Gasteiger charge is -2.28. The van der Waals surface area contributed by atoms with E-state index in [0.717, 1.165) is 16.7 Å². The van der Waals surface area contributed by atoms with Crippen LogP contribution in [0.1, 0.15) is 64.7 Å². The molecule has 2 aliphatic rings. The molecule has 0 unspecified atom stereocenters. The van der Waals surface area contributed by atoms with Crippen LogP contribution in [0.3, 0.4) is 0 Å². The third-order valence-electron chi connectivity index (χ3n) is 5.72. The van der Waals surface area contributed by atoms with Crippen molar-refractivity contribution in [3.05, 3.63) is 34.4 Å². The van der Waals surface area contributed by atoms with Crippen LogP contribution < -0.4 is 5.43 Å². The highest BCUT2D eigenvalue weighted by Crippen LogP contribution is 2.40. The lowest BCUT2D eigenvalue weighted by atomic mass is 9.78. The normalized spacial score (nSPS) is 19.9. The zero-order valence-electron chi connectivity index (χ0n) is 19.5. The minimum Gasteiger partial charge on any atom is -0.507 e. The highest BCUT2D eigenvalue weighted by Gasteiger charge is 2.32. The van der Waals surface area contributed by atoms with E-state index < -0.39 is 6.03 Å². The fourth-order valence-corrected chi connectivity index (χ4v) is 3.90. The Bertz CT molecular complexity index is 852. The Morgan fingerprint density at radius 2 is 1.58 bits per heavy atom. The number of phenols is 1. The average molecular weight is 430 g/mol. The van der Waals surface area contributed by atoms with Gasteiger partial charge in [-0.05, 0) is 41.0 Å². The fourth-order valence-electron chi connectivity index (χ4n) is 3.90. The van der Waals surface area contributed by atoms with E-state index in [-0.39, 0.29) is 16.7 Å². The Balaban J connectivity index is 1.86. The third-order valence-corrected chi connectivity index (χ3v) is 5.72. The van der Waals surface area contributed by atoms with Crippen molar-refractivity contribution in [3.8, 4) is 5.75 Å². The standard InChI is InChI=1S/C24H35N3O4/c1-23(2,3)18-14-16(15-19(20(18)28)24(4,5)6)13-17-7-8-27(21(17)29)22(30)25-26-9-11-31-12-10-26/h13-15,28H,7-12H2,1-6H3,(H,25,30)/b17-13+. The second kappa shape index (κ2) is 8.63. The summed E-state index contributed by atoms with van der Waals surface area (Å²) in [7, 11) is 0. The van der Waals surface area contributed by atoms with Gasteiger partial charge in [0.25, 0.3) is 5.91 Å². The Morgan fingerprint density at radius 3 is 2.10 bits per heavy atom. The minimum atomic E-state index is -0.397. The molecule has 1 aromatic rings. The summed E-state index contributed by atoms with van der Waals surface area (Å²) in [6.07, 6.45) is 2.36. The molecular formula is C24H35N3O4. The van der Waals surface area contributed by atoms with Gasteiger partial charge < -0.3 is 9.84 Å². The molecule has 2 heterocycles. The predicted octanol–water partition coefficient (Wildman–Crippen LogP) is 3.56. The highest BCUT2D eigenvalue weighted by atomic mass is 16.5. The number of hydrogen-bond donors (Lipinski definition) is 2. The van der Waals surface area contributed by atoms with Crippen LogP contribution in [0.25, 0.3) is 6.08 Å². The van der Waals surface area contributed by atoms with E-state index in [2.05, 4.69) is 47.0 Å². The van der Waals surface area contributed by atoms with Gasteiger partial charge in [0, 0.05) is 36.3 Å². The van der Waals surface area contributed by atoms with Crippen molar-refractivity contribution < 1.29 is 19.4 Å². The quantitative estimate of drug-likeness (QED) is 0.703. The summed E-state index contributed by atoms with van der Waals surface area (Å²) in [5.74, 6) is 0.0415. The van der Waals surface area contributed by atoms with E-state index in [9.17, 15) is 14.7 Å². The van der Waals surface area contributed by atoms with E-state index in [1.807, 2.05) is 18.2 Å². The first kappa shape index (κ1) is 23.3. The molecule has 0 aromatic heterocycles. The van der Waals surface area contributed by atoms with Gasteiger partial charge in [0.15, 0.2) is 0 Å². The molecule has 3 rings (SSSR count). The molecule has 31 heavy (non-hydrogen) atoms. The monoisotopic (exact) mass is 429 g/mol. The van der Waals surface area contributed by atoms with Crippen molar-refractivity contribution in [1.29, 1.82) is 0 Å². The van der Waals surface area contributed by atoms with Crippen molar-refractivity contribution >= 4 is 18.0 Å². The Hall–Kier alpha value is -2.38. The van der Waals surface area contributed by atoms with E-state index in [1.54, 1.807) is 5.01 Å². The van der Waals surface area contributed by atoms with E-state index in [4.69, 9.17) is 4.74 Å². The molecule has 0 bridgehead atoms. The number of rotatable bonds is 2. The summed E-state index contributed by atoms with van der Waals surface area (Å²) in [6, 6.07) is 3.49. The number of aromatic hydroxyl groups is 1. The first-order valence-electron chi connectivity index (χ1n) is 10.9. The van der Waals surface area contributed by atoms with Gasteiger partial charge >= 0.3 is 6.03 Å². The van der Waals surface area contributed by atoms with Gasteiger partial charge in [-0.3, -0.25) is 15.1 Å². The summed E-state index contributed by atoms with van der Waals surface area (Å²) in [4.78, 5) is 26.8. The van der Waals surface area contributed by atoms with Gasteiger partial charge in [-0.1, -0.05) is 41.5 Å². The van der Waals surface area contributed by atoms with Gasteiger partial charge in [-0.15, -0.1) is 0 Å². The maximum atomic E-state index is 12.9. The maximum Gasteiger partial charge on any atom is 0.338 e. The number of hydrazine groups is 1. The van der Waals surface area contributed by atoms with Crippen molar-refractivity contribution in [2.24, 2.45) is 0 Å². The molecule has 2 saturated heterocycles. The molecule has 0 atom stereocenters. The Labute approximate surface area is 185 Å². The number of phenolic OH excluding ortho intramolecular Hbond substituents is 1.